The number of nitrogens with zero attached hydrogens (tertiary/aromatic N) is 2. The predicted molar refractivity (Wildman–Crippen MR) is 81.9 cm³/mol. The molecule has 0 aliphatic heterocycles. The topological polar surface area (TPSA) is 37.8 Å². The highest BCUT2D eigenvalue weighted by molar-refractivity contribution is 8.03. The third kappa shape index (κ3) is 4.19. The molecule has 0 aliphatic carbocycles. The van der Waals surface area contributed by atoms with E-state index in [9.17, 15) is 0 Å². The molecule has 2 rings (SSSR count). The van der Waals surface area contributed by atoms with Crippen molar-refractivity contribution in [3.8, 4) is 0 Å². The van der Waals surface area contributed by atoms with Gasteiger partial charge < -0.3 is 5.32 Å². The van der Waals surface area contributed by atoms with Crippen LogP contribution in [-0.4, -0.2) is 28.2 Å². The van der Waals surface area contributed by atoms with Gasteiger partial charge in [-0.05, 0) is 18.4 Å². The maximum absolute atomic E-state index is 4.16. The van der Waals surface area contributed by atoms with E-state index in [4.69, 9.17) is 0 Å². The standard InChI is InChI=1S/C12H15N3S3/c1-9(8-13-10-6-4-3-5-7-10)17-12-15-14-11(16-2)18-12/h3-7,9,13H,8H2,1-2H3. The van der Waals surface area contributed by atoms with E-state index >= 15 is 0 Å². The highest BCUT2D eigenvalue weighted by Gasteiger charge is 2.09. The van der Waals surface area contributed by atoms with E-state index in [0.717, 1.165) is 20.9 Å². The summed E-state index contributed by atoms with van der Waals surface area (Å²) in [6.07, 6.45) is 2.02. The van der Waals surface area contributed by atoms with Gasteiger partial charge in [0.05, 0.1) is 0 Å². The number of anilines is 1. The van der Waals surface area contributed by atoms with Gasteiger partial charge in [-0.2, -0.15) is 0 Å². The molecule has 0 amide bonds. The number of hydrogen-bond donors (Lipinski definition) is 1. The van der Waals surface area contributed by atoms with Crippen molar-refractivity contribution in [1.29, 1.82) is 0 Å². The van der Waals surface area contributed by atoms with Crippen LogP contribution in [0.1, 0.15) is 6.92 Å². The van der Waals surface area contributed by atoms with Gasteiger partial charge >= 0.3 is 0 Å². The Hall–Kier alpha value is -0.720. The molecule has 1 atom stereocenters. The van der Waals surface area contributed by atoms with Gasteiger partial charge in [-0.1, -0.05) is 60.0 Å². The summed E-state index contributed by atoms with van der Waals surface area (Å²) in [4.78, 5) is 0. The fraction of sp³-hybridized carbons (Fsp3) is 0.333. The molecule has 0 fully saturated rings. The monoisotopic (exact) mass is 297 g/mol. The minimum atomic E-state index is 0.466. The van der Waals surface area contributed by atoms with Crippen LogP contribution in [0.5, 0.6) is 0 Å². The zero-order chi connectivity index (χ0) is 12.8. The summed E-state index contributed by atoms with van der Waals surface area (Å²) in [5.74, 6) is 0. The molecule has 18 heavy (non-hydrogen) atoms. The lowest BCUT2D eigenvalue weighted by molar-refractivity contribution is 0.943. The summed E-state index contributed by atoms with van der Waals surface area (Å²) in [5.41, 5.74) is 1.16. The molecule has 2 aromatic rings. The third-order valence-corrected chi connectivity index (χ3v) is 5.32. The molecule has 1 aromatic carbocycles. The molecular formula is C12H15N3S3. The molecule has 1 aromatic heterocycles. The zero-order valence-electron chi connectivity index (χ0n) is 10.3. The van der Waals surface area contributed by atoms with Crippen molar-refractivity contribution in [2.75, 3.05) is 18.1 Å². The normalized spacial score (nSPS) is 12.3. The lowest BCUT2D eigenvalue weighted by Gasteiger charge is -2.11. The van der Waals surface area contributed by atoms with E-state index in [2.05, 4.69) is 34.6 Å². The fourth-order valence-electron chi connectivity index (χ4n) is 1.36. The summed E-state index contributed by atoms with van der Waals surface area (Å²) >= 11 is 5.07. The van der Waals surface area contributed by atoms with E-state index < -0.39 is 0 Å². The van der Waals surface area contributed by atoms with Crippen LogP contribution in [0.15, 0.2) is 39.0 Å². The Kier molecular flexibility index (Phi) is 5.34. The lowest BCUT2D eigenvalue weighted by Crippen LogP contribution is -2.12. The van der Waals surface area contributed by atoms with E-state index in [1.807, 2.05) is 24.5 Å². The van der Waals surface area contributed by atoms with Crippen LogP contribution in [0.4, 0.5) is 5.69 Å². The molecule has 0 spiro atoms. The van der Waals surface area contributed by atoms with Crippen LogP contribution in [-0.2, 0) is 0 Å². The highest BCUT2D eigenvalue weighted by Crippen LogP contribution is 2.30. The van der Waals surface area contributed by atoms with Crippen molar-refractivity contribution in [3.05, 3.63) is 30.3 Å². The first-order valence-electron chi connectivity index (χ1n) is 5.61. The SMILES string of the molecule is CSc1nnc(SC(C)CNc2ccccc2)s1. The summed E-state index contributed by atoms with van der Waals surface area (Å²) < 4.78 is 2.07. The van der Waals surface area contributed by atoms with Crippen LogP contribution in [0, 0.1) is 0 Å². The number of aromatic nitrogens is 2. The first-order valence-corrected chi connectivity index (χ1v) is 8.53. The van der Waals surface area contributed by atoms with Crippen LogP contribution in [0.3, 0.4) is 0 Å². The molecule has 96 valence electrons. The van der Waals surface area contributed by atoms with E-state index in [1.165, 1.54) is 0 Å². The van der Waals surface area contributed by atoms with Crippen molar-refractivity contribution in [2.45, 2.75) is 20.9 Å². The minimum absolute atomic E-state index is 0.466. The number of nitrogens with one attached hydrogen (secondary N) is 1. The van der Waals surface area contributed by atoms with Crippen LogP contribution in [0.2, 0.25) is 0 Å². The van der Waals surface area contributed by atoms with Crippen molar-refractivity contribution < 1.29 is 0 Å². The molecule has 0 saturated carbocycles. The Morgan fingerprint density at radius 3 is 2.61 bits per heavy atom. The van der Waals surface area contributed by atoms with Gasteiger partial charge in [-0.15, -0.1) is 10.2 Å². The van der Waals surface area contributed by atoms with Gasteiger partial charge in [0, 0.05) is 17.5 Å². The molecule has 1 heterocycles. The van der Waals surface area contributed by atoms with Gasteiger partial charge in [-0.25, -0.2) is 0 Å². The van der Waals surface area contributed by atoms with Gasteiger partial charge in [0.2, 0.25) is 0 Å². The van der Waals surface area contributed by atoms with Gasteiger partial charge in [0.25, 0.3) is 0 Å². The predicted octanol–water partition coefficient (Wildman–Crippen LogP) is 3.85. The Morgan fingerprint density at radius 2 is 1.94 bits per heavy atom. The van der Waals surface area contributed by atoms with E-state index in [0.29, 0.717) is 5.25 Å². The second-order valence-corrected chi connectivity index (χ2v) is 7.43. The lowest BCUT2D eigenvalue weighted by atomic mass is 10.3. The van der Waals surface area contributed by atoms with Crippen molar-refractivity contribution in [3.63, 3.8) is 0 Å². The Balaban J connectivity index is 1.80. The van der Waals surface area contributed by atoms with E-state index in [-0.39, 0.29) is 0 Å². The molecule has 6 heteroatoms. The van der Waals surface area contributed by atoms with Gasteiger partial charge in [0.15, 0.2) is 8.68 Å². The smallest absolute Gasteiger partial charge is 0.175 e. The van der Waals surface area contributed by atoms with Crippen molar-refractivity contribution in [2.24, 2.45) is 0 Å². The third-order valence-electron chi connectivity index (χ3n) is 2.23. The summed E-state index contributed by atoms with van der Waals surface area (Å²) in [6.45, 7) is 3.11. The summed E-state index contributed by atoms with van der Waals surface area (Å²) in [5, 5.41) is 12.1. The molecule has 0 bridgehead atoms. The van der Waals surface area contributed by atoms with Gasteiger partial charge in [-0.3, -0.25) is 0 Å². The molecule has 0 radical (unpaired) electrons. The Labute approximate surface area is 120 Å². The number of benzene rings is 1. The van der Waals surface area contributed by atoms with Gasteiger partial charge in [0.1, 0.15) is 0 Å². The minimum Gasteiger partial charge on any atom is -0.384 e. The van der Waals surface area contributed by atoms with Crippen LogP contribution < -0.4 is 5.32 Å². The van der Waals surface area contributed by atoms with Crippen molar-refractivity contribution in [1.82, 2.24) is 10.2 Å². The van der Waals surface area contributed by atoms with E-state index in [1.54, 1.807) is 34.9 Å². The maximum atomic E-state index is 4.16. The second kappa shape index (κ2) is 7.01. The fourth-order valence-corrected chi connectivity index (χ4v) is 4.04. The quantitative estimate of drug-likeness (QED) is 0.820. The molecule has 1 N–H and O–H groups in total. The number of thioether (sulfide) groups is 2. The van der Waals surface area contributed by atoms with Crippen molar-refractivity contribution >= 4 is 40.5 Å². The number of para-hydroxylation sites is 1. The maximum Gasteiger partial charge on any atom is 0.175 e. The van der Waals surface area contributed by atoms with Crippen LogP contribution in [0.25, 0.3) is 0 Å². The first kappa shape index (κ1) is 13.7. The largest absolute Gasteiger partial charge is 0.384 e. The zero-order valence-corrected chi connectivity index (χ0v) is 12.7. The second-order valence-electron chi connectivity index (χ2n) is 3.71. The molecule has 1 unspecified atom stereocenters. The number of rotatable bonds is 6. The first-order chi connectivity index (χ1) is 8.78. The summed E-state index contributed by atoms with van der Waals surface area (Å²) in [6, 6.07) is 10.3. The molecule has 3 nitrogen and oxygen atoms in total. The average molecular weight is 297 g/mol. The summed E-state index contributed by atoms with van der Waals surface area (Å²) in [7, 11) is 0. The molecule has 0 saturated heterocycles. The average Bonchev–Trinajstić information content (AvgIpc) is 2.85. The Bertz CT molecular complexity index is 472. The molecular weight excluding hydrogens is 282 g/mol. The Morgan fingerprint density at radius 1 is 1.22 bits per heavy atom. The van der Waals surface area contributed by atoms with Crippen LogP contribution >= 0.6 is 34.9 Å². The highest BCUT2D eigenvalue weighted by atomic mass is 32.2. The number of hydrogen-bond acceptors (Lipinski definition) is 6. The molecule has 0 aliphatic rings.